The zero-order valence-electron chi connectivity index (χ0n) is 23.4. The number of carbonyl (C=O) groups is 3. The molecule has 11 heteroatoms. The van der Waals surface area contributed by atoms with Crippen LogP contribution in [0.3, 0.4) is 0 Å². The van der Waals surface area contributed by atoms with Crippen molar-refractivity contribution in [3.63, 3.8) is 0 Å². The summed E-state index contributed by atoms with van der Waals surface area (Å²) in [7, 11) is 1.76. The van der Waals surface area contributed by atoms with Crippen LogP contribution in [0.15, 0.2) is 11.6 Å². The minimum atomic E-state index is -1.85. The number of aliphatic hydroxyl groups excluding tert-OH is 1. The zero-order valence-corrected chi connectivity index (χ0v) is 23.4. The molecule has 11 nitrogen and oxygen atoms in total. The van der Waals surface area contributed by atoms with Gasteiger partial charge in [-0.2, -0.15) is 0 Å². The quantitative estimate of drug-likeness (QED) is 0.0314. The fraction of sp³-hybridized carbons (Fsp3) is 0.786. The van der Waals surface area contributed by atoms with Gasteiger partial charge in [0.15, 0.2) is 17.2 Å². The second-order valence-electron chi connectivity index (χ2n) is 11.7. The number of rotatable bonds is 11. The van der Waals surface area contributed by atoms with E-state index >= 15 is 0 Å². The molecule has 4 aliphatic rings. The van der Waals surface area contributed by atoms with Crippen LogP contribution in [-0.4, -0.2) is 78.8 Å². The number of unbranched alkanes of at least 4 members (excludes halogenated alkanes) is 1. The summed E-state index contributed by atoms with van der Waals surface area (Å²) >= 11 is 0. The number of Topliss-reactive ketones (excluding diaryl/α,β-unsaturated/α-hetero) is 2. The van der Waals surface area contributed by atoms with Gasteiger partial charge in [-0.15, -0.1) is 0 Å². The predicted octanol–water partition coefficient (Wildman–Crippen LogP) is -2.26. The summed E-state index contributed by atoms with van der Waals surface area (Å²) in [4.78, 5) is 43.9. The lowest BCUT2D eigenvalue weighted by Crippen LogP contribution is -2.95. The highest BCUT2D eigenvalue weighted by atomic mass is 16.7. The number of epoxide rings is 1. The molecule has 0 aromatic rings. The molecule has 0 aromatic carbocycles. The Labute approximate surface area is 230 Å². The van der Waals surface area contributed by atoms with Crippen molar-refractivity contribution in [3.05, 3.63) is 11.6 Å². The van der Waals surface area contributed by atoms with Gasteiger partial charge in [0.05, 0.1) is 26.2 Å². The smallest absolute Gasteiger partial charge is 0.349 e. The normalized spacial score (nSPS) is 35.6. The van der Waals surface area contributed by atoms with Crippen molar-refractivity contribution < 1.29 is 39.3 Å². The van der Waals surface area contributed by atoms with Crippen molar-refractivity contribution in [2.45, 2.75) is 94.5 Å². The molecule has 0 spiro atoms. The summed E-state index contributed by atoms with van der Waals surface area (Å²) in [5.74, 6) is -1.29. The number of fused-ring (bicyclic) bond motifs is 2. The lowest BCUT2D eigenvalue weighted by atomic mass is 9.61. The first-order chi connectivity index (χ1) is 18.7. The number of guanidine groups is 1. The molecule has 9 N–H and O–H groups in total. The van der Waals surface area contributed by atoms with E-state index in [1.54, 1.807) is 7.05 Å². The van der Waals surface area contributed by atoms with Gasteiger partial charge in [0.2, 0.25) is 0 Å². The monoisotopic (exact) mass is 549 g/mol. The molecule has 7 atom stereocenters. The van der Waals surface area contributed by atoms with E-state index in [0.717, 1.165) is 37.8 Å². The van der Waals surface area contributed by atoms with E-state index in [9.17, 15) is 14.4 Å². The highest BCUT2D eigenvalue weighted by molar-refractivity contribution is 6.23. The molecule has 2 heterocycles. The lowest BCUT2D eigenvalue weighted by Gasteiger charge is -2.36. The maximum Gasteiger partial charge on any atom is 0.349 e. The van der Waals surface area contributed by atoms with E-state index in [1.165, 1.54) is 0 Å². The molecule has 2 saturated heterocycles. The first-order valence-electron chi connectivity index (χ1n) is 14.6. The van der Waals surface area contributed by atoms with Crippen molar-refractivity contribution >= 4 is 23.5 Å². The molecule has 0 bridgehead atoms. The van der Waals surface area contributed by atoms with Crippen molar-refractivity contribution in [2.24, 2.45) is 29.2 Å². The van der Waals surface area contributed by atoms with Gasteiger partial charge in [-0.3, -0.25) is 31.4 Å². The maximum absolute atomic E-state index is 13.9. The molecular weight excluding hydrogens is 502 g/mol. The van der Waals surface area contributed by atoms with Crippen LogP contribution >= 0.6 is 0 Å². The largest absolute Gasteiger partial charge is 0.463 e. The van der Waals surface area contributed by atoms with E-state index in [4.69, 9.17) is 26.0 Å². The molecule has 0 radical (unpaired) electrons. The van der Waals surface area contributed by atoms with Gasteiger partial charge in [-0.1, -0.05) is 24.5 Å². The molecule has 4 unspecified atom stereocenters. The summed E-state index contributed by atoms with van der Waals surface area (Å²) in [5, 5.41) is 14.6. The number of ketones is 2. The third kappa shape index (κ3) is 5.77. The Balaban J connectivity index is 1.54. The molecule has 2 aliphatic heterocycles. The Morgan fingerprint density at radius 1 is 1.26 bits per heavy atom. The molecule has 2 saturated carbocycles. The Hall–Kier alpha value is -2.34. The topological polar surface area (TPSA) is 188 Å². The number of quaternary nitrogens is 1. The minimum Gasteiger partial charge on any atom is -0.463 e. The Kier molecular flexibility index (Phi) is 9.46. The highest BCUT2D eigenvalue weighted by Crippen LogP contribution is 2.61. The summed E-state index contributed by atoms with van der Waals surface area (Å²) in [6.07, 6.45) is 8.62. The van der Waals surface area contributed by atoms with Gasteiger partial charge in [0, 0.05) is 50.0 Å². The van der Waals surface area contributed by atoms with E-state index in [0.29, 0.717) is 44.0 Å². The van der Waals surface area contributed by atoms with E-state index in [1.807, 2.05) is 13.0 Å². The average molecular weight is 550 g/mol. The van der Waals surface area contributed by atoms with Crippen molar-refractivity contribution in [2.75, 3.05) is 26.8 Å². The molecule has 39 heavy (non-hydrogen) atoms. The minimum absolute atomic E-state index is 0.00694. The molecule has 0 aromatic heterocycles. The average Bonchev–Trinajstić information content (AvgIpc) is 3.64. The summed E-state index contributed by atoms with van der Waals surface area (Å²) in [6, 6.07) is 0.0405. The van der Waals surface area contributed by atoms with Crippen molar-refractivity contribution in [1.29, 1.82) is 0 Å². The van der Waals surface area contributed by atoms with Crippen LogP contribution in [0.4, 0.5) is 0 Å². The number of nitrogens with two attached hydrogens (primary N) is 3. The highest BCUT2D eigenvalue weighted by Gasteiger charge is 2.86. The fourth-order valence-corrected chi connectivity index (χ4v) is 6.91. The number of carbonyl (C=O) groups excluding carboxylic acids is 3. The van der Waals surface area contributed by atoms with Crippen molar-refractivity contribution in [1.82, 2.24) is 5.32 Å². The number of hydrogen-bond donors (Lipinski definition) is 6. The zero-order chi connectivity index (χ0) is 28.2. The summed E-state index contributed by atoms with van der Waals surface area (Å²) in [6.45, 7) is 3.01. The standard InChI is InChI=1S/C28H45N5O6/c1-17(15-21(33-26(30)31-2)18-10-12-32-22(29)16-18)9-11-27-23(35)19-7-3-4-8-20(19)24(36)28(27,39-27)25(37)38-14-6-5-13-34/h9,18-22,32,34H,3-8,10-16,29H2,1-2H3,(H3,30,31,33)/p+2/t18?,19?,20?,21-,22?,27-,28-/m0/s1. The molecule has 218 valence electrons. The number of aliphatic hydroxyl groups is 1. The number of nitrogens with one attached hydrogen (secondary N) is 2. The van der Waals surface area contributed by atoms with Crippen LogP contribution in [-0.2, 0) is 23.9 Å². The van der Waals surface area contributed by atoms with Gasteiger partial charge in [0.1, 0.15) is 6.17 Å². The Morgan fingerprint density at radius 2 is 1.97 bits per heavy atom. The van der Waals surface area contributed by atoms with E-state index < -0.39 is 29.0 Å². The summed E-state index contributed by atoms with van der Waals surface area (Å²) in [5.41, 5.74) is 9.96. The molecule has 0 amide bonds. The van der Waals surface area contributed by atoms with Gasteiger partial charge >= 0.3 is 11.9 Å². The number of ether oxygens (including phenoxy) is 2. The predicted molar refractivity (Wildman–Crippen MR) is 143 cm³/mol. The van der Waals surface area contributed by atoms with Gasteiger partial charge in [0.25, 0.3) is 5.60 Å². The lowest BCUT2D eigenvalue weighted by molar-refractivity contribution is -0.699. The molecule has 2 aliphatic carbocycles. The molecule has 4 rings (SSSR count). The van der Waals surface area contributed by atoms with Crippen LogP contribution < -0.4 is 27.1 Å². The fourth-order valence-electron chi connectivity index (χ4n) is 6.91. The number of piperidine rings is 1. The van der Waals surface area contributed by atoms with E-state index in [2.05, 4.69) is 15.6 Å². The van der Waals surface area contributed by atoms with Gasteiger partial charge < -0.3 is 19.9 Å². The first kappa shape index (κ1) is 29.6. The Bertz CT molecular complexity index is 1000. The summed E-state index contributed by atoms with van der Waals surface area (Å²) < 4.78 is 11.5. The second-order valence-corrected chi connectivity index (χ2v) is 11.7. The van der Waals surface area contributed by atoms with Gasteiger partial charge in [-0.05, 0) is 32.6 Å². The third-order valence-corrected chi connectivity index (χ3v) is 9.15. The van der Waals surface area contributed by atoms with Crippen LogP contribution in [0, 0.1) is 17.8 Å². The van der Waals surface area contributed by atoms with Crippen LogP contribution in [0.1, 0.15) is 71.1 Å². The van der Waals surface area contributed by atoms with Crippen LogP contribution in [0.2, 0.25) is 0 Å². The third-order valence-electron chi connectivity index (χ3n) is 9.15. The maximum atomic E-state index is 13.9. The number of hydrogen-bond acceptors (Lipinski definition) is 7. The first-order valence-corrected chi connectivity index (χ1v) is 14.6. The van der Waals surface area contributed by atoms with E-state index in [-0.39, 0.29) is 43.4 Å². The molecule has 4 fully saturated rings. The van der Waals surface area contributed by atoms with Crippen LogP contribution in [0.25, 0.3) is 0 Å². The van der Waals surface area contributed by atoms with Crippen LogP contribution in [0.5, 0.6) is 0 Å². The second kappa shape index (κ2) is 12.4. The molecular formula is C28H47N5O6+2. The van der Waals surface area contributed by atoms with Gasteiger partial charge in [-0.25, -0.2) is 4.79 Å². The number of esters is 1. The SMILES string of the molecule is C[NH+]=C(N)N[C@@H](CC(C)=CC[C@@]12O[C@]1(C(=O)OCCCCO)C(=O)C1CCCCC1C2=O)C1CC[NH2+]C(N)C1. The van der Waals surface area contributed by atoms with Crippen molar-refractivity contribution in [3.8, 4) is 0 Å². The Morgan fingerprint density at radius 3 is 2.64 bits per heavy atom.